The maximum Gasteiger partial charge on any atom is 0.265 e. The zero-order chi connectivity index (χ0) is 19.8. The van der Waals surface area contributed by atoms with Crippen molar-refractivity contribution < 1.29 is 26.4 Å². The van der Waals surface area contributed by atoms with Gasteiger partial charge in [-0.15, -0.1) is 0 Å². The summed E-state index contributed by atoms with van der Waals surface area (Å²) in [4.78, 5) is 12.0. The van der Waals surface area contributed by atoms with Crippen LogP contribution in [0.4, 0.5) is 11.4 Å². The van der Waals surface area contributed by atoms with Crippen LogP contribution >= 0.6 is 0 Å². The number of carbonyl (C=O) groups excluding carboxylic acids is 1. The molecular formula is C17H18N2O6S2. The molecule has 2 aromatic rings. The Kier molecular flexibility index (Phi) is 4.87. The number of nitrogens with zero attached hydrogens (tertiary/aromatic N) is 1. The normalized spacial score (nSPS) is 19.1. The van der Waals surface area contributed by atoms with Crippen molar-refractivity contribution in [1.29, 1.82) is 0 Å². The van der Waals surface area contributed by atoms with E-state index in [4.69, 9.17) is 4.74 Å². The second-order valence-corrected chi connectivity index (χ2v) is 9.60. The van der Waals surface area contributed by atoms with E-state index in [9.17, 15) is 21.6 Å². The van der Waals surface area contributed by atoms with E-state index in [-0.39, 0.29) is 22.1 Å². The van der Waals surface area contributed by atoms with E-state index in [1.165, 1.54) is 26.2 Å². The summed E-state index contributed by atoms with van der Waals surface area (Å²) in [5.74, 6) is -1.58. The highest BCUT2D eigenvalue weighted by molar-refractivity contribution is 7.94. The number of benzene rings is 2. The molecule has 3 rings (SSSR count). The quantitative estimate of drug-likeness (QED) is 0.805. The van der Waals surface area contributed by atoms with Crippen LogP contribution in [0.1, 0.15) is 6.92 Å². The Morgan fingerprint density at radius 2 is 1.81 bits per heavy atom. The molecule has 144 valence electrons. The first-order valence-electron chi connectivity index (χ1n) is 7.98. The van der Waals surface area contributed by atoms with Crippen LogP contribution in [-0.4, -0.2) is 35.6 Å². The fourth-order valence-corrected chi connectivity index (χ4v) is 5.87. The molecule has 10 heteroatoms. The molecule has 0 aliphatic carbocycles. The third kappa shape index (κ3) is 3.62. The van der Waals surface area contributed by atoms with E-state index >= 15 is 0 Å². The minimum atomic E-state index is -4.08. The van der Waals surface area contributed by atoms with Crippen LogP contribution in [0, 0.1) is 5.92 Å². The van der Waals surface area contributed by atoms with Crippen LogP contribution in [0.25, 0.3) is 0 Å². The molecule has 0 spiro atoms. The second-order valence-electron chi connectivity index (χ2n) is 6.09. The van der Waals surface area contributed by atoms with Gasteiger partial charge in [-0.25, -0.2) is 21.1 Å². The van der Waals surface area contributed by atoms with Crippen molar-refractivity contribution >= 4 is 37.3 Å². The first-order valence-corrected chi connectivity index (χ1v) is 11.1. The van der Waals surface area contributed by atoms with Gasteiger partial charge in [-0.3, -0.25) is 9.52 Å². The molecule has 1 aliphatic rings. The van der Waals surface area contributed by atoms with Gasteiger partial charge in [0.25, 0.3) is 10.0 Å². The summed E-state index contributed by atoms with van der Waals surface area (Å²) < 4.78 is 58.4. The lowest BCUT2D eigenvalue weighted by molar-refractivity contribution is -0.119. The molecule has 27 heavy (non-hydrogen) atoms. The van der Waals surface area contributed by atoms with Gasteiger partial charge in [-0.05, 0) is 30.3 Å². The Morgan fingerprint density at radius 1 is 1.15 bits per heavy atom. The molecule has 0 unspecified atom stereocenters. The van der Waals surface area contributed by atoms with E-state index in [2.05, 4.69) is 4.72 Å². The Bertz CT molecular complexity index is 1080. The van der Waals surface area contributed by atoms with E-state index in [0.29, 0.717) is 9.99 Å². The molecule has 8 nitrogen and oxygen atoms in total. The Morgan fingerprint density at radius 3 is 2.37 bits per heavy atom. The van der Waals surface area contributed by atoms with Crippen molar-refractivity contribution in [3.63, 3.8) is 0 Å². The van der Waals surface area contributed by atoms with Gasteiger partial charge in [-0.1, -0.05) is 25.1 Å². The minimum Gasteiger partial charge on any atom is -0.495 e. The number of ether oxygens (including phenoxy) is 1. The first-order chi connectivity index (χ1) is 12.7. The molecule has 0 saturated carbocycles. The smallest absolute Gasteiger partial charge is 0.265 e. The molecule has 1 amide bonds. The molecule has 0 radical (unpaired) electrons. The number of carbonyl (C=O) groups is 1. The van der Waals surface area contributed by atoms with Crippen LogP contribution in [0.5, 0.6) is 5.75 Å². The number of hydrogen-bond donors (Lipinski definition) is 1. The fraction of sp³-hybridized carbons (Fsp3) is 0.235. The van der Waals surface area contributed by atoms with Crippen LogP contribution in [0.15, 0.2) is 53.4 Å². The van der Waals surface area contributed by atoms with Gasteiger partial charge in [-0.2, -0.15) is 0 Å². The molecule has 0 bridgehead atoms. The Hall–Kier alpha value is -2.59. The lowest BCUT2D eigenvalue weighted by Gasteiger charge is -2.18. The number of para-hydroxylation sites is 1. The van der Waals surface area contributed by atoms with Gasteiger partial charge < -0.3 is 4.74 Å². The third-order valence-corrected chi connectivity index (χ3v) is 7.33. The van der Waals surface area contributed by atoms with Crippen LogP contribution in [-0.2, 0) is 24.8 Å². The average molecular weight is 410 g/mol. The van der Waals surface area contributed by atoms with Crippen molar-refractivity contribution in [3.8, 4) is 5.75 Å². The molecule has 2 aromatic carbocycles. The van der Waals surface area contributed by atoms with E-state index in [1.807, 2.05) is 0 Å². The topological polar surface area (TPSA) is 110 Å². The van der Waals surface area contributed by atoms with E-state index < -0.39 is 31.9 Å². The summed E-state index contributed by atoms with van der Waals surface area (Å²) in [6.45, 7) is 1.51. The standard InChI is InChI=1S/C17H18N2O6S2/c1-12-11-26(21,22)19(17(12)20)14-8-9-15(25-2)16(10-14)27(23,24)18-13-6-4-3-5-7-13/h3-10,12,18H,11H2,1-2H3/t12-/m1/s1. The Labute approximate surface area is 157 Å². The lowest BCUT2D eigenvalue weighted by atomic mass is 10.2. The lowest BCUT2D eigenvalue weighted by Crippen LogP contribution is -2.30. The predicted molar refractivity (Wildman–Crippen MR) is 101 cm³/mol. The number of nitrogens with one attached hydrogen (secondary N) is 1. The fourth-order valence-electron chi connectivity index (χ4n) is 2.80. The molecule has 1 N–H and O–H groups in total. The zero-order valence-electron chi connectivity index (χ0n) is 14.6. The van der Waals surface area contributed by atoms with Crippen molar-refractivity contribution in [1.82, 2.24) is 0 Å². The van der Waals surface area contributed by atoms with Crippen molar-refractivity contribution in [2.75, 3.05) is 21.9 Å². The number of rotatable bonds is 5. The molecule has 1 fully saturated rings. The highest BCUT2D eigenvalue weighted by Crippen LogP contribution is 2.34. The number of hydrogen-bond acceptors (Lipinski definition) is 6. The van der Waals surface area contributed by atoms with Gasteiger partial charge >= 0.3 is 0 Å². The van der Waals surface area contributed by atoms with Gasteiger partial charge in [0.15, 0.2) is 0 Å². The van der Waals surface area contributed by atoms with E-state index in [1.54, 1.807) is 30.3 Å². The second kappa shape index (κ2) is 6.86. The molecule has 0 aromatic heterocycles. The molecule has 1 aliphatic heterocycles. The number of anilines is 2. The highest BCUT2D eigenvalue weighted by Gasteiger charge is 2.42. The molecular weight excluding hydrogens is 392 g/mol. The van der Waals surface area contributed by atoms with Crippen LogP contribution < -0.4 is 13.8 Å². The third-order valence-electron chi connectivity index (χ3n) is 4.06. The summed E-state index contributed by atoms with van der Waals surface area (Å²) in [5.41, 5.74) is 0.294. The van der Waals surface area contributed by atoms with Gasteiger partial charge in [0.1, 0.15) is 10.6 Å². The van der Waals surface area contributed by atoms with Gasteiger partial charge in [0.05, 0.1) is 24.5 Å². The highest BCUT2D eigenvalue weighted by atomic mass is 32.2. The predicted octanol–water partition coefficient (Wildman–Crippen LogP) is 1.81. The van der Waals surface area contributed by atoms with E-state index in [0.717, 1.165) is 6.07 Å². The SMILES string of the molecule is COc1ccc(N2C(=O)[C@H](C)CS2(=O)=O)cc1S(=O)(=O)Nc1ccccc1. The Balaban J connectivity index is 2.08. The minimum absolute atomic E-state index is 0.0271. The van der Waals surface area contributed by atoms with Crippen molar-refractivity contribution in [2.45, 2.75) is 11.8 Å². The number of methoxy groups -OCH3 is 1. The van der Waals surface area contributed by atoms with Gasteiger partial charge in [0, 0.05) is 5.69 Å². The molecule has 1 saturated heterocycles. The number of sulfonamides is 2. The maximum absolute atomic E-state index is 12.8. The first kappa shape index (κ1) is 19.2. The average Bonchev–Trinajstić information content (AvgIpc) is 2.82. The van der Waals surface area contributed by atoms with Crippen LogP contribution in [0.3, 0.4) is 0 Å². The van der Waals surface area contributed by atoms with Gasteiger partial charge in [0.2, 0.25) is 15.9 Å². The summed E-state index contributed by atoms with van der Waals surface area (Å²) in [6, 6.07) is 12.0. The maximum atomic E-state index is 12.8. The van der Waals surface area contributed by atoms with Crippen molar-refractivity contribution in [2.24, 2.45) is 5.92 Å². The summed E-state index contributed by atoms with van der Waals surface area (Å²) in [5, 5.41) is 0. The summed E-state index contributed by atoms with van der Waals surface area (Å²) >= 11 is 0. The van der Waals surface area contributed by atoms with Crippen LogP contribution in [0.2, 0.25) is 0 Å². The largest absolute Gasteiger partial charge is 0.495 e. The number of amides is 1. The zero-order valence-corrected chi connectivity index (χ0v) is 16.2. The molecule has 1 atom stereocenters. The summed E-state index contributed by atoms with van der Waals surface area (Å²) in [7, 11) is -6.63. The summed E-state index contributed by atoms with van der Waals surface area (Å²) in [6.07, 6.45) is 0. The molecule has 1 heterocycles. The van der Waals surface area contributed by atoms with Crippen molar-refractivity contribution in [3.05, 3.63) is 48.5 Å². The monoisotopic (exact) mass is 410 g/mol.